The number of anilines is 1. The highest BCUT2D eigenvalue weighted by atomic mass is 35.5. The molecule has 1 rings (SSSR count). The molecule has 0 atom stereocenters. The topological polar surface area (TPSA) is 12.0 Å². The molecule has 0 aromatic heterocycles. The molecule has 68 valence electrons. The molecule has 0 amide bonds. The monoisotopic (exact) mass is 209 g/mol. The Kier molecular flexibility index (Phi) is 5.02. The van der Waals surface area contributed by atoms with Crippen molar-refractivity contribution in [3.05, 3.63) is 29.0 Å². The lowest BCUT2D eigenvalue weighted by atomic mass is 10.3. The Balaban J connectivity index is 0.00000121. The lowest BCUT2D eigenvalue weighted by Crippen LogP contribution is -1.96. The lowest BCUT2D eigenvalue weighted by Gasteiger charge is -2.02. The maximum absolute atomic E-state index is 12.6. The van der Waals surface area contributed by atoms with E-state index in [2.05, 4.69) is 5.32 Å². The number of benzene rings is 1. The summed E-state index contributed by atoms with van der Waals surface area (Å²) in [5.41, 5.74) is 0.846. The third kappa shape index (κ3) is 2.88. The van der Waals surface area contributed by atoms with Gasteiger partial charge in [-0.15, -0.1) is 12.4 Å². The maximum Gasteiger partial charge on any atom is 0.141 e. The van der Waals surface area contributed by atoms with Crippen molar-refractivity contribution in [1.82, 2.24) is 0 Å². The molecule has 0 aliphatic heterocycles. The summed E-state index contributed by atoms with van der Waals surface area (Å²) in [6, 6.07) is 4.57. The van der Waals surface area contributed by atoms with Crippen molar-refractivity contribution in [2.75, 3.05) is 11.9 Å². The van der Waals surface area contributed by atoms with Gasteiger partial charge in [-0.2, -0.15) is 0 Å². The molecule has 0 radical (unpaired) electrons. The summed E-state index contributed by atoms with van der Waals surface area (Å²) in [4.78, 5) is 0. The Labute approximate surface area is 82.3 Å². The van der Waals surface area contributed by atoms with Gasteiger partial charge < -0.3 is 5.32 Å². The van der Waals surface area contributed by atoms with E-state index in [-0.39, 0.29) is 23.2 Å². The van der Waals surface area contributed by atoms with Crippen molar-refractivity contribution in [2.24, 2.45) is 0 Å². The minimum Gasteiger partial charge on any atom is -0.385 e. The number of halogens is 3. The average molecular weight is 210 g/mol. The van der Waals surface area contributed by atoms with Crippen LogP contribution in [0.4, 0.5) is 10.1 Å². The number of rotatable bonds is 2. The first-order valence-electron chi connectivity index (χ1n) is 3.43. The molecular weight excluding hydrogens is 200 g/mol. The van der Waals surface area contributed by atoms with Crippen LogP contribution in [0.5, 0.6) is 0 Å². The molecule has 0 spiro atoms. The van der Waals surface area contributed by atoms with Gasteiger partial charge in [0.05, 0.1) is 5.02 Å². The predicted octanol–water partition coefficient (Wildman–Crippen LogP) is 3.33. The van der Waals surface area contributed by atoms with Crippen LogP contribution in [0.15, 0.2) is 18.2 Å². The second-order valence-corrected chi connectivity index (χ2v) is 2.57. The van der Waals surface area contributed by atoms with E-state index in [1.165, 1.54) is 6.07 Å². The van der Waals surface area contributed by atoms with E-state index < -0.39 is 0 Å². The maximum atomic E-state index is 12.6. The first kappa shape index (κ1) is 11.5. The zero-order chi connectivity index (χ0) is 8.27. The summed E-state index contributed by atoms with van der Waals surface area (Å²) >= 11 is 5.53. The molecule has 4 heteroatoms. The van der Waals surface area contributed by atoms with Crippen molar-refractivity contribution >= 4 is 29.7 Å². The molecule has 0 aliphatic carbocycles. The zero-order valence-corrected chi connectivity index (χ0v) is 8.18. The first-order valence-corrected chi connectivity index (χ1v) is 3.80. The van der Waals surface area contributed by atoms with Gasteiger partial charge in [0.2, 0.25) is 0 Å². The molecule has 12 heavy (non-hydrogen) atoms. The molecule has 0 aliphatic rings. The number of hydrogen-bond acceptors (Lipinski definition) is 1. The van der Waals surface area contributed by atoms with Gasteiger partial charge >= 0.3 is 0 Å². The fourth-order valence-corrected chi connectivity index (χ4v) is 0.991. The van der Waals surface area contributed by atoms with Crippen LogP contribution < -0.4 is 5.32 Å². The number of hydrogen-bond donors (Lipinski definition) is 1. The molecule has 0 bridgehead atoms. The highest BCUT2D eigenvalue weighted by Gasteiger charge is 1.98. The summed E-state index contributed by atoms with van der Waals surface area (Å²) in [5.74, 6) is -0.381. The van der Waals surface area contributed by atoms with Crippen LogP contribution in [-0.2, 0) is 0 Å². The fraction of sp³-hybridized carbons (Fsp3) is 0.250. The lowest BCUT2D eigenvalue weighted by molar-refractivity contribution is 0.628. The van der Waals surface area contributed by atoms with Gasteiger partial charge in [0.1, 0.15) is 5.82 Å². The van der Waals surface area contributed by atoms with Gasteiger partial charge in [0.15, 0.2) is 0 Å². The molecule has 0 unspecified atom stereocenters. The van der Waals surface area contributed by atoms with E-state index in [0.29, 0.717) is 0 Å². The largest absolute Gasteiger partial charge is 0.385 e. The molecule has 0 saturated heterocycles. The van der Waals surface area contributed by atoms with Gasteiger partial charge in [-0.1, -0.05) is 11.6 Å². The van der Waals surface area contributed by atoms with Crippen molar-refractivity contribution in [1.29, 1.82) is 0 Å². The number of nitrogens with one attached hydrogen (secondary N) is 1. The van der Waals surface area contributed by atoms with Gasteiger partial charge in [-0.25, -0.2) is 4.39 Å². The van der Waals surface area contributed by atoms with E-state index in [1.54, 1.807) is 12.1 Å². The van der Waals surface area contributed by atoms with Crippen molar-refractivity contribution in [2.45, 2.75) is 6.92 Å². The SMILES string of the molecule is CCNc1ccc(F)c(Cl)c1.Cl. The van der Waals surface area contributed by atoms with Gasteiger partial charge in [-0.3, -0.25) is 0 Å². The van der Waals surface area contributed by atoms with Crippen LogP contribution >= 0.6 is 24.0 Å². The second-order valence-electron chi connectivity index (χ2n) is 2.16. The zero-order valence-electron chi connectivity index (χ0n) is 6.60. The van der Waals surface area contributed by atoms with Gasteiger partial charge in [0, 0.05) is 12.2 Å². The van der Waals surface area contributed by atoms with Crippen molar-refractivity contribution < 1.29 is 4.39 Å². The quantitative estimate of drug-likeness (QED) is 0.789. The van der Waals surface area contributed by atoms with Crippen LogP contribution in [0.1, 0.15) is 6.92 Å². The van der Waals surface area contributed by atoms with Crippen LogP contribution in [0, 0.1) is 5.82 Å². The third-order valence-electron chi connectivity index (χ3n) is 1.30. The third-order valence-corrected chi connectivity index (χ3v) is 1.59. The molecule has 0 saturated carbocycles. The van der Waals surface area contributed by atoms with Crippen LogP contribution in [0.3, 0.4) is 0 Å². The van der Waals surface area contributed by atoms with E-state index >= 15 is 0 Å². The Hall–Kier alpha value is -0.470. The highest BCUT2D eigenvalue weighted by molar-refractivity contribution is 6.31. The van der Waals surface area contributed by atoms with Gasteiger partial charge in [0.25, 0.3) is 0 Å². The first-order chi connectivity index (χ1) is 5.24. The van der Waals surface area contributed by atoms with E-state index in [4.69, 9.17) is 11.6 Å². The average Bonchev–Trinajstić information content (AvgIpc) is 1.98. The summed E-state index contributed by atoms with van der Waals surface area (Å²) < 4.78 is 12.6. The van der Waals surface area contributed by atoms with Crippen LogP contribution in [0.25, 0.3) is 0 Å². The van der Waals surface area contributed by atoms with E-state index in [9.17, 15) is 4.39 Å². The molecule has 1 N–H and O–H groups in total. The molecule has 0 heterocycles. The second kappa shape index (κ2) is 5.22. The normalized spacial score (nSPS) is 8.92. The molecule has 1 aromatic carbocycles. The van der Waals surface area contributed by atoms with Crippen LogP contribution in [-0.4, -0.2) is 6.54 Å². The standard InChI is InChI=1S/C8H9ClFN.ClH/c1-2-11-6-3-4-8(10)7(9)5-6;/h3-5,11H,2H2,1H3;1H. The smallest absolute Gasteiger partial charge is 0.141 e. The summed E-state index contributed by atoms with van der Waals surface area (Å²) in [6.07, 6.45) is 0. The Morgan fingerprint density at radius 1 is 1.50 bits per heavy atom. The minimum absolute atomic E-state index is 0. The molecule has 1 nitrogen and oxygen atoms in total. The summed E-state index contributed by atoms with van der Waals surface area (Å²) in [5, 5.41) is 3.18. The minimum atomic E-state index is -0.381. The Morgan fingerprint density at radius 2 is 2.17 bits per heavy atom. The summed E-state index contributed by atoms with van der Waals surface area (Å²) in [7, 11) is 0. The van der Waals surface area contributed by atoms with Crippen molar-refractivity contribution in [3.8, 4) is 0 Å². The molecule has 1 aromatic rings. The molecular formula is C8H10Cl2FN. The predicted molar refractivity (Wildman–Crippen MR) is 52.8 cm³/mol. The Morgan fingerprint density at radius 3 is 2.67 bits per heavy atom. The highest BCUT2D eigenvalue weighted by Crippen LogP contribution is 2.18. The van der Waals surface area contributed by atoms with Crippen LogP contribution in [0.2, 0.25) is 5.02 Å². The van der Waals surface area contributed by atoms with Crippen molar-refractivity contribution in [3.63, 3.8) is 0 Å². The van der Waals surface area contributed by atoms with E-state index in [1.807, 2.05) is 6.92 Å². The summed E-state index contributed by atoms with van der Waals surface area (Å²) in [6.45, 7) is 2.78. The molecule has 0 fully saturated rings. The van der Waals surface area contributed by atoms with Gasteiger partial charge in [-0.05, 0) is 25.1 Å². The fourth-order valence-electron chi connectivity index (χ4n) is 0.810. The Bertz CT molecular complexity index is 253. The van der Waals surface area contributed by atoms with E-state index in [0.717, 1.165) is 12.2 Å².